The molecule has 5 nitrogen and oxygen atoms in total. The van der Waals surface area contributed by atoms with Crippen LogP contribution in [-0.2, 0) is 19.1 Å². The third kappa shape index (κ3) is 6.76. The van der Waals surface area contributed by atoms with E-state index in [1.807, 2.05) is 13.8 Å². The fourth-order valence-electron chi connectivity index (χ4n) is 1.63. The van der Waals surface area contributed by atoms with Crippen molar-refractivity contribution in [3.8, 4) is 0 Å². The summed E-state index contributed by atoms with van der Waals surface area (Å²) in [5.74, 6) is -0.992. The average molecular weight is 269 g/mol. The highest BCUT2D eigenvalue weighted by molar-refractivity contribution is 5.87. The summed E-state index contributed by atoms with van der Waals surface area (Å²) in [6.07, 6.45) is 0.927. The van der Waals surface area contributed by atoms with Crippen LogP contribution in [0.3, 0.4) is 0 Å². The van der Waals surface area contributed by atoms with Gasteiger partial charge in [-0.25, -0.2) is 9.59 Å². The highest BCUT2D eigenvalue weighted by Crippen LogP contribution is 2.11. The molecule has 0 N–H and O–H groups in total. The van der Waals surface area contributed by atoms with Crippen molar-refractivity contribution in [3.63, 3.8) is 0 Å². The molecule has 0 aromatic heterocycles. The molecule has 0 saturated heterocycles. The Morgan fingerprint density at radius 1 is 1.32 bits per heavy atom. The number of ether oxygens (including phenoxy) is 2. The van der Waals surface area contributed by atoms with Crippen LogP contribution >= 0.6 is 0 Å². The summed E-state index contributed by atoms with van der Waals surface area (Å²) < 4.78 is 9.82. The van der Waals surface area contributed by atoms with Crippen molar-refractivity contribution in [1.82, 2.24) is 4.90 Å². The van der Waals surface area contributed by atoms with Crippen molar-refractivity contribution in [1.29, 1.82) is 0 Å². The molecule has 1 atom stereocenters. The Kier molecular flexibility index (Phi) is 8.53. The van der Waals surface area contributed by atoms with E-state index >= 15 is 0 Å². The molecule has 5 heteroatoms. The van der Waals surface area contributed by atoms with Gasteiger partial charge in [0.25, 0.3) is 0 Å². The lowest BCUT2D eigenvalue weighted by atomic mass is 10.1. The molecule has 0 aromatic carbocycles. The van der Waals surface area contributed by atoms with Crippen LogP contribution in [0.2, 0.25) is 0 Å². The van der Waals surface area contributed by atoms with Gasteiger partial charge in [0.1, 0.15) is 6.10 Å². The van der Waals surface area contributed by atoms with Gasteiger partial charge in [-0.15, -0.1) is 0 Å². The molecule has 0 rings (SSSR count). The fourth-order valence-corrected chi connectivity index (χ4v) is 1.63. The number of methoxy groups -OCH3 is 1. The van der Waals surface area contributed by atoms with Crippen LogP contribution in [0.15, 0.2) is 24.8 Å². The lowest BCUT2D eigenvalue weighted by Gasteiger charge is -2.25. The first-order valence-corrected chi connectivity index (χ1v) is 6.29. The van der Waals surface area contributed by atoms with Gasteiger partial charge in [0.05, 0.1) is 7.11 Å². The molecule has 0 saturated carbocycles. The lowest BCUT2D eigenvalue weighted by molar-refractivity contribution is -0.145. The van der Waals surface area contributed by atoms with E-state index in [0.29, 0.717) is 6.54 Å². The van der Waals surface area contributed by atoms with E-state index in [9.17, 15) is 9.59 Å². The van der Waals surface area contributed by atoms with Crippen LogP contribution in [-0.4, -0.2) is 49.7 Å². The van der Waals surface area contributed by atoms with Gasteiger partial charge in [-0.2, -0.15) is 0 Å². The first kappa shape index (κ1) is 17.4. The molecule has 1 unspecified atom stereocenters. The third-order valence-electron chi connectivity index (χ3n) is 2.75. The highest BCUT2D eigenvalue weighted by Gasteiger charge is 2.20. The van der Waals surface area contributed by atoms with Crippen molar-refractivity contribution in [3.05, 3.63) is 24.8 Å². The topological polar surface area (TPSA) is 55.8 Å². The first-order valence-electron chi connectivity index (χ1n) is 6.29. The number of carbonyl (C=O) groups excluding carboxylic acids is 2. The van der Waals surface area contributed by atoms with Crippen LogP contribution in [0.4, 0.5) is 0 Å². The van der Waals surface area contributed by atoms with E-state index in [4.69, 9.17) is 4.74 Å². The highest BCUT2D eigenvalue weighted by atomic mass is 16.5. The van der Waals surface area contributed by atoms with Crippen LogP contribution in [0, 0.1) is 0 Å². The second-order valence-corrected chi connectivity index (χ2v) is 4.05. The zero-order valence-electron chi connectivity index (χ0n) is 12.0. The van der Waals surface area contributed by atoms with Gasteiger partial charge in [-0.3, -0.25) is 0 Å². The van der Waals surface area contributed by atoms with Crippen molar-refractivity contribution in [2.75, 3.05) is 26.7 Å². The molecule has 108 valence electrons. The number of likely N-dealkylation sites (N-methyl/N-ethyl adjacent to an activating group) is 1. The molecule has 0 aliphatic carbocycles. The smallest absolute Gasteiger partial charge is 0.333 e. The van der Waals surface area contributed by atoms with Crippen LogP contribution in [0.5, 0.6) is 0 Å². The predicted octanol–water partition coefficient (Wildman–Crippen LogP) is 1.55. The minimum Gasteiger partial charge on any atom is -0.466 e. The van der Waals surface area contributed by atoms with E-state index in [-0.39, 0.29) is 12.0 Å². The minimum absolute atomic E-state index is 0.253. The number of nitrogens with zero attached hydrogens (tertiary/aromatic N) is 1. The van der Waals surface area contributed by atoms with Crippen molar-refractivity contribution in [2.24, 2.45) is 0 Å². The van der Waals surface area contributed by atoms with Gasteiger partial charge in [-0.1, -0.05) is 27.0 Å². The zero-order valence-corrected chi connectivity index (χ0v) is 12.0. The second-order valence-electron chi connectivity index (χ2n) is 4.05. The molecule has 0 amide bonds. The molecule has 0 aliphatic heterocycles. The maximum Gasteiger partial charge on any atom is 0.333 e. The summed E-state index contributed by atoms with van der Waals surface area (Å²) in [7, 11) is 1.29. The number of hydrogen-bond donors (Lipinski definition) is 0. The number of hydrogen-bond acceptors (Lipinski definition) is 5. The van der Waals surface area contributed by atoms with Gasteiger partial charge in [-0.05, 0) is 13.1 Å². The van der Waals surface area contributed by atoms with Crippen molar-refractivity contribution < 1.29 is 19.1 Å². The zero-order chi connectivity index (χ0) is 14.8. The molecule has 0 heterocycles. The van der Waals surface area contributed by atoms with E-state index in [2.05, 4.69) is 22.8 Å². The van der Waals surface area contributed by atoms with E-state index in [1.54, 1.807) is 0 Å². The van der Waals surface area contributed by atoms with Crippen LogP contribution < -0.4 is 0 Å². The maximum atomic E-state index is 11.3. The van der Waals surface area contributed by atoms with Gasteiger partial charge in [0.2, 0.25) is 0 Å². The standard InChI is InChI=1S/C14H23NO4/c1-6-13(16)19-12(10-15(7-2)8-3)9-11(4)14(17)18-5/h6,12H,1,4,7-10H2,2-3,5H3. The summed E-state index contributed by atoms with van der Waals surface area (Å²) in [5, 5.41) is 0. The van der Waals surface area contributed by atoms with Crippen molar-refractivity contribution >= 4 is 11.9 Å². The average Bonchev–Trinajstić information content (AvgIpc) is 2.42. The molecule has 0 fully saturated rings. The molecule has 19 heavy (non-hydrogen) atoms. The van der Waals surface area contributed by atoms with Gasteiger partial charge in [0, 0.05) is 24.6 Å². The minimum atomic E-state index is -0.505. The van der Waals surface area contributed by atoms with E-state index in [1.165, 1.54) is 7.11 Å². The van der Waals surface area contributed by atoms with Crippen molar-refractivity contribution in [2.45, 2.75) is 26.4 Å². The third-order valence-corrected chi connectivity index (χ3v) is 2.75. The Labute approximate surface area is 114 Å². The molecule has 0 radical (unpaired) electrons. The summed E-state index contributed by atoms with van der Waals surface area (Å²) >= 11 is 0. The molecular formula is C14H23NO4. The Morgan fingerprint density at radius 2 is 1.89 bits per heavy atom. The van der Waals surface area contributed by atoms with Gasteiger partial charge >= 0.3 is 11.9 Å². The lowest BCUT2D eigenvalue weighted by Crippen LogP contribution is -2.35. The number of esters is 2. The first-order chi connectivity index (χ1) is 8.98. The Bertz CT molecular complexity index is 334. The SMILES string of the molecule is C=CC(=O)OC(CC(=C)C(=O)OC)CN(CC)CC. The molecular weight excluding hydrogens is 246 g/mol. The molecule has 0 aliphatic rings. The molecule has 0 aromatic rings. The fraction of sp³-hybridized carbons (Fsp3) is 0.571. The summed E-state index contributed by atoms with van der Waals surface area (Å²) in [6, 6.07) is 0. The molecule has 0 spiro atoms. The summed E-state index contributed by atoms with van der Waals surface area (Å²) in [5.41, 5.74) is 0.288. The van der Waals surface area contributed by atoms with Crippen LogP contribution in [0.1, 0.15) is 20.3 Å². The second kappa shape index (κ2) is 9.33. The maximum absolute atomic E-state index is 11.3. The molecule has 0 bridgehead atoms. The van der Waals surface area contributed by atoms with Crippen LogP contribution in [0.25, 0.3) is 0 Å². The largest absolute Gasteiger partial charge is 0.466 e. The van der Waals surface area contributed by atoms with Gasteiger partial charge < -0.3 is 14.4 Å². The Balaban J connectivity index is 4.65. The Morgan fingerprint density at radius 3 is 2.32 bits per heavy atom. The monoisotopic (exact) mass is 269 g/mol. The number of carbonyl (C=O) groups is 2. The van der Waals surface area contributed by atoms with Gasteiger partial charge in [0.15, 0.2) is 0 Å². The summed E-state index contributed by atoms with van der Waals surface area (Å²) in [4.78, 5) is 24.7. The van der Waals surface area contributed by atoms with E-state index < -0.39 is 18.0 Å². The quantitative estimate of drug-likeness (QED) is 0.469. The Hall–Kier alpha value is -1.62. The normalized spacial score (nSPS) is 11.8. The van der Waals surface area contributed by atoms with E-state index in [0.717, 1.165) is 19.2 Å². The predicted molar refractivity (Wildman–Crippen MR) is 73.6 cm³/mol. The number of rotatable bonds is 9. The summed E-state index contributed by atoms with van der Waals surface area (Å²) in [6.45, 7) is 13.3.